The Hall–Kier alpha value is -2.35. The molecule has 0 unspecified atom stereocenters. The van der Waals surface area contributed by atoms with Crippen molar-refractivity contribution >= 4 is 44.0 Å². The van der Waals surface area contributed by atoms with Crippen LogP contribution in [0.1, 0.15) is 46.6 Å². The molecular weight excluding hydrogens is 448 g/mol. The van der Waals surface area contributed by atoms with E-state index in [1.54, 1.807) is 11.1 Å². The summed E-state index contributed by atoms with van der Waals surface area (Å²) in [4.78, 5) is 23.8. The Morgan fingerprint density at radius 3 is 2.83 bits per heavy atom. The third-order valence-electron chi connectivity index (χ3n) is 5.13. The molecule has 2 aromatic heterocycles. The van der Waals surface area contributed by atoms with E-state index in [2.05, 4.69) is 31.5 Å². The molecule has 1 aliphatic heterocycles. The fraction of sp³-hybridized carbons (Fsp3) is 0.500. The van der Waals surface area contributed by atoms with Crippen molar-refractivity contribution in [3.8, 4) is 6.01 Å². The van der Waals surface area contributed by atoms with E-state index >= 15 is 0 Å². The lowest BCUT2D eigenvalue weighted by atomic mass is 10.1. The van der Waals surface area contributed by atoms with Gasteiger partial charge in [0.15, 0.2) is 0 Å². The number of hydrogen-bond donors (Lipinski definition) is 0. The Morgan fingerprint density at radius 2 is 2.10 bits per heavy atom. The van der Waals surface area contributed by atoms with Crippen LogP contribution in [0.3, 0.4) is 0 Å². The van der Waals surface area contributed by atoms with E-state index in [9.17, 15) is 4.79 Å². The summed E-state index contributed by atoms with van der Waals surface area (Å²) < 4.78 is 14.6. The number of piperidine rings is 1. The van der Waals surface area contributed by atoms with Crippen molar-refractivity contribution in [3.63, 3.8) is 0 Å². The molecule has 1 fully saturated rings. The summed E-state index contributed by atoms with van der Waals surface area (Å²) >= 11 is 3.57. The number of carbonyl (C=O) groups is 1. The predicted octanol–water partition coefficient (Wildman–Crippen LogP) is 5.32. The highest BCUT2D eigenvalue weighted by Crippen LogP contribution is 2.35. The lowest BCUT2D eigenvalue weighted by molar-refractivity contribution is 0.0170. The molecule has 7 nitrogen and oxygen atoms in total. The first-order valence-electron chi connectivity index (χ1n) is 10.3. The summed E-state index contributed by atoms with van der Waals surface area (Å²) in [5.41, 5.74) is 2.16. The van der Waals surface area contributed by atoms with Gasteiger partial charge in [-0.1, -0.05) is 15.9 Å². The van der Waals surface area contributed by atoms with Gasteiger partial charge in [-0.25, -0.2) is 4.79 Å². The third kappa shape index (κ3) is 4.10. The number of nitrogens with zero attached hydrogens (tertiary/aromatic N) is 4. The highest BCUT2D eigenvalue weighted by atomic mass is 79.9. The van der Waals surface area contributed by atoms with Gasteiger partial charge in [0.1, 0.15) is 11.1 Å². The second kappa shape index (κ2) is 8.06. The zero-order valence-electron chi connectivity index (χ0n) is 17.8. The lowest BCUT2D eigenvalue weighted by Crippen LogP contribution is -2.43. The molecular formula is C22H27BrN4O3. The maximum absolute atomic E-state index is 12.7. The van der Waals surface area contributed by atoms with Crippen LogP contribution in [0.25, 0.3) is 21.9 Å². The fourth-order valence-corrected chi connectivity index (χ4v) is 4.32. The zero-order valence-corrected chi connectivity index (χ0v) is 19.4. The van der Waals surface area contributed by atoms with Crippen LogP contribution in [0.15, 0.2) is 28.9 Å². The number of rotatable bonds is 3. The normalized spacial score (nSPS) is 17.5. The van der Waals surface area contributed by atoms with Crippen molar-refractivity contribution in [2.75, 3.05) is 19.7 Å². The molecule has 3 heterocycles. The van der Waals surface area contributed by atoms with E-state index in [-0.39, 0.29) is 12.1 Å². The number of ether oxygens (including phenoxy) is 2. The number of benzene rings is 1. The topological polar surface area (TPSA) is 69.5 Å². The molecule has 0 radical (unpaired) electrons. The molecule has 1 saturated heterocycles. The molecule has 8 heteroatoms. The molecule has 0 bridgehead atoms. The van der Waals surface area contributed by atoms with Gasteiger partial charge in [0.05, 0.1) is 29.9 Å². The Labute approximate surface area is 184 Å². The second-order valence-electron chi connectivity index (χ2n) is 8.57. The molecule has 1 amide bonds. The highest BCUT2D eigenvalue weighted by Gasteiger charge is 2.31. The largest absolute Gasteiger partial charge is 0.465 e. The van der Waals surface area contributed by atoms with E-state index in [0.717, 1.165) is 39.3 Å². The lowest BCUT2D eigenvalue weighted by Gasteiger charge is -2.35. The molecule has 1 aliphatic rings. The molecule has 4 rings (SSSR count). The van der Waals surface area contributed by atoms with Crippen LogP contribution in [0.4, 0.5) is 4.79 Å². The van der Waals surface area contributed by atoms with Crippen molar-refractivity contribution in [2.24, 2.45) is 0 Å². The smallest absolute Gasteiger partial charge is 0.410 e. The molecule has 0 N–H and O–H groups in total. The number of pyridine rings is 1. The zero-order chi connectivity index (χ0) is 21.5. The highest BCUT2D eigenvalue weighted by molar-refractivity contribution is 9.10. The molecule has 1 aromatic carbocycles. The van der Waals surface area contributed by atoms with Crippen molar-refractivity contribution in [2.45, 2.75) is 52.2 Å². The van der Waals surface area contributed by atoms with Crippen LogP contribution in [0, 0.1) is 0 Å². The average molecular weight is 475 g/mol. The summed E-state index contributed by atoms with van der Waals surface area (Å²) in [5, 5.41) is 1.01. The maximum Gasteiger partial charge on any atom is 0.410 e. The Bertz CT molecular complexity index is 1090. The maximum atomic E-state index is 12.7. The van der Waals surface area contributed by atoms with Crippen molar-refractivity contribution in [3.05, 3.63) is 28.9 Å². The summed E-state index contributed by atoms with van der Waals surface area (Å²) in [6.45, 7) is 9.37. The number of aromatic nitrogens is 3. The van der Waals surface area contributed by atoms with Gasteiger partial charge in [0.25, 0.3) is 6.01 Å². The number of hydrogen-bond acceptors (Lipinski definition) is 5. The van der Waals surface area contributed by atoms with Gasteiger partial charge >= 0.3 is 6.09 Å². The first kappa shape index (κ1) is 20.9. The van der Waals surface area contributed by atoms with Gasteiger partial charge in [0, 0.05) is 22.9 Å². The van der Waals surface area contributed by atoms with Crippen molar-refractivity contribution in [1.82, 2.24) is 19.4 Å². The van der Waals surface area contributed by atoms with Crippen LogP contribution in [0.5, 0.6) is 6.01 Å². The number of amides is 1. The number of fused-ring (bicyclic) bond motifs is 3. The van der Waals surface area contributed by atoms with Crippen LogP contribution in [-0.2, 0) is 4.74 Å². The van der Waals surface area contributed by atoms with Crippen LogP contribution in [0.2, 0.25) is 0 Å². The fourth-order valence-electron chi connectivity index (χ4n) is 3.96. The Kier molecular flexibility index (Phi) is 5.61. The van der Waals surface area contributed by atoms with E-state index in [4.69, 9.17) is 14.5 Å². The molecule has 0 saturated carbocycles. The summed E-state index contributed by atoms with van der Waals surface area (Å²) in [7, 11) is 0. The van der Waals surface area contributed by atoms with E-state index in [0.29, 0.717) is 25.7 Å². The molecule has 160 valence electrons. The molecule has 3 aromatic rings. The Morgan fingerprint density at radius 1 is 1.30 bits per heavy atom. The van der Waals surface area contributed by atoms with Crippen LogP contribution < -0.4 is 4.74 Å². The predicted molar refractivity (Wildman–Crippen MR) is 120 cm³/mol. The van der Waals surface area contributed by atoms with E-state index in [1.165, 1.54) is 0 Å². The quantitative estimate of drug-likeness (QED) is 0.513. The van der Waals surface area contributed by atoms with Gasteiger partial charge in [0.2, 0.25) is 0 Å². The van der Waals surface area contributed by atoms with Crippen molar-refractivity contribution in [1.29, 1.82) is 0 Å². The number of halogens is 1. The first-order chi connectivity index (χ1) is 14.3. The Balaban J connectivity index is 1.79. The molecule has 1 atom stereocenters. The number of carbonyl (C=O) groups excluding carboxylic acids is 1. The summed E-state index contributed by atoms with van der Waals surface area (Å²) in [6.07, 6.45) is 3.34. The summed E-state index contributed by atoms with van der Waals surface area (Å²) in [6, 6.07) is 6.65. The monoisotopic (exact) mass is 474 g/mol. The van der Waals surface area contributed by atoms with E-state index < -0.39 is 5.60 Å². The standard InChI is InChI=1S/C22H27BrN4O3/c1-5-29-20-25-18-12-24-17-9-8-14(23)11-16(17)19(18)27(20)15-7-6-10-26(13-15)21(28)30-22(2,3)4/h8-9,11-12,15H,5-7,10,13H2,1-4H3/t15-/m1/s1. The molecule has 0 spiro atoms. The van der Waals surface area contributed by atoms with Crippen molar-refractivity contribution < 1.29 is 14.3 Å². The number of likely N-dealkylation sites (tertiary alicyclic amines) is 1. The minimum Gasteiger partial charge on any atom is -0.465 e. The van der Waals surface area contributed by atoms with Crippen LogP contribution >= 0.6 is 15.9 Å². The molecule has 0 aliphatic carbocycles. The summed E-state index contributed by atoms with van der Waals surface area (Å²) in [5.74, 6) is 0. The number of imidazole rings is 1. The minimum absolute atomic E-state index is 0.0439. The second-order valence-corrected chi connectivity index (χ2v) is 9.49. The van der Waals surface area contributed by atoms with Gasteiger partial charge in [-0.05, 0) is 58.7 Å². The average Bonchev–Trinajstić information content (AvgIpc) is 3.05. The SMILES string of the molecule is CCOc1nc2cnc3ccc(Br)cc3c2n1[C@@H]1CCCN(C(=O)OC(C)(C)C)C1. The third-order valence-corrected chi connectivity index (χ3v) is 5.63. The van der Waals surface area contributed by atoms with Gasteiger partial charge in [-0.2, -0.15) is 4.98 Å². The molecule has 30 heavy (non-hydrogen) atoms. The van der Waals surface area contributed by atoms with E-state index in [1.807, 2.05) is 39.8 Å². The van der Waals surface area contributed by atoms with Gasteiger partial charge in [-0.15, -0.1) is 0 Å². The first-order valence-corrected chi connectivity index (χ1v) is 11.1. The van der Waals surface area contributed by atoms with Gasteiger partial charge in [-0.3, -0.25) is 9.55 Å². The van der Waals surface area contributed by atoms with Gasteiger partial charge < -0.3 is 14.4 Å². The minimum atomic E-state index is -0.518. The van der Waals surface area contributed by atoms with Crippen LogP contribution in [-0.4, -0.2) is 50.8 Å².